The van der Waals surface area contributed by atoms with Crippen molar-refractivity contribution in [2.75, 3.05) is 0 Å². The topological polar surface area (TPSA) is 17.0 Å². The SMILES string of the molecule is Cc1oc[n+](-c2ccccc2)c1C(C)C. The van der Waals surface area contributed by atoms with Crippen LogP contribution in [0.3, 0.4) is 0 Å². The summed E-state index contributed by atoms with van der Waals surface area (Å²) in [5, 5.41) is 0. The third-order valence-electron chi connectivity index (χ3n) is 2.54. The zero-order chi connectivity index (χ0) is 10.8. The number of hydrogen-bond donors (Lipinski definition) is 0. The van der Waals surface area contributed by atoms with Gasteiger partial charge in [0, 0.05) is 25.0 Å². The lowest BCUT2D eigenvalue weighted by atomic mass is 10.1. The molecule has 0 unspecified atom stereocenters. The van der Waals surface area contributed by atoms with Crippen LogP contribution in [-0.4, -0.2) is 0 Å². The molecule has 0 fully saturated rings. The van der Waals surface area contributed by atoms with Gasteiger partial charge in [0.2, 0.25) is 11.4 Å². The van der Waals surface area contributed by atoms with Crippen molar-refractivity contribution >= 4 is 0 Å². The van der Waals surface area contributed by atoms with E-state index in [1.54, 1.807) is 6.39 Å². The highest BCUT2D eigenvalue weighted by Gasteiger charge is 2.23. The minimum Gasteiger partial charge on any atom is -0.409 e. The van der Waals surface area contributed by atoms with E-state index in [1.165, 1.54) is 5.69 Å². The maximum absolute atomic E-state index is 5.47. The molecule has 0 saturated heterocycles. The maximum Gasteiger partial charge on any atom is 0.340 e. The van der Waals surface area contributed by atoms with Crippen LogP contribution in [0.1, 0.15) is 31.2 Å². The van der Waals surface area contributed by atoms with Gasteiger partial charge in [0.15, 0.2) is 5.76 Å². The van der Waals surface area contributed by atoms with E-state index >= 15 is 0 Å². The Morgan fingerprint density at radius 3 is 2.40 bits per heavy atom. The van der Waals surface area contributed by atoms with Crippen molar-refractivity contribution in [1.82, 2.24) is 0 Å². The third-order valence-corrected chi connectivity index (χ3v) is 2.54. The van der Waals surface area contributed by atoms with E-state index < -0.39 is 0 Å². The Labute approximate surface area is 90.2 Å². The predicted octanol–water partition coefficient (Wildman–Crippen LogP) is 2.99. The van der Waals surface area contributed by atoms with Gasteiger partial charge in [0.05, 0.1) is 0 Å². The fourth-order valence-electron chi connectivity index (χ4n) is 1.89. The van der Waals surface area contributed by atoms with Gasteiger partial charge >= 0.3 is 6.39 Å². The van der Waals surface area contributed by atoms with Crippen LogP contribution in [0, 0.1) is 6.92 Å². The lowest BCUT2D eigenvalue weighted by Crippen LogP contribution is -2.33. The monoisotopic (exact) mass is 202 g/mol. The second-order valence-electron chi connectivity index (χ2n) is 4.02. The van der Waals surface area contributed by atoms with Crippen LogP contribution in [0.5, 0.6) is 0 Å². The maximum atomic E-state index is 5.47. The molecule has 2 aromatic rings. The van der Waals surface area contributed by atoms with E-state index in [-0.39, 0.29) is 0 Å². The summed E-state index contributed by atoms with van der Waals surface area (Å²) >= 11 is 0. The summed E-state index contributed by atoms with van der Waals surface area (Å²) in [6, 6.07) is 10.3. The minimum atomic E-state index is 0.462. The summed E-state index contributed by atoms with van der Waals surface area (Å²) < 4.78 is 7.59. The van der Waals surface area contributed by atoms with Crippen LogP contribution in [0.4, 0.5) is 0 Å². The summed E-state index contributed by atoms with van der Waals surface area (Å²) in [5.41, 5.74) is 2.39. The molecule has 0 saturated carbocycles. The van der Waals surface area contributed by atoms with Gasteiger partial charge < -0.3 is 4.42 Å². The third kappa shape index (κ3) is 1.80. The van der Waals surface area contributed by atoms with Crippen molar-refractivity contribution in [3.05, 3.63) is 48.2 Å². The Morgan fingerprint density at radius 1 is 1.13 bits per heavy atom. The van der Waals surface area contributed by atoms with Crippen LogP contribution in [0.2, 0.25) is 0 Å². The molecule has 1 heterocycles. The number of hydrogen-bond acceptors (Lipinski definition) is 1. The second-order valence-corrected chi connectivity index (χ2v) is 4.02. The number of oxazole rings is 1. The van der Waals surface area contributed by atoms with Gasteiger partial charge in [-0.2, -0.15) is 0 Å². The molecule has 0 bridgehead atoms. The molecule has 15 heavy (non-hydrogen) atoms. The Balaban J connectivity index is 2.54. The van der Waals surface area contributed by atoms with E-state index in [9.17, 15) is 0 Å². The van der Waals surface area contributed by atoms with E-state index in [2.05, 4.69) is 30.5 Å². The molecule has 2 rings (SSSR count). The van der Waals surface area contributed by atoms with Gasteiger partial charge in [-0.15, -0.1) is 4.57 Å². The zero-order valence-electron chi connectivity index (χ0n) is 9.40. The van der Waals surface area contributed by atoms with Crippen molar-refractivity contribution < 1.29 is 8.98 Å². The lowest BCUT2D eigenvalue weighted by Gasteiger charge is -1.99. The van der Waals surface area contributed by atoms with Crippen LogP contribution < -0.4 is 4.57 Å². The molecule has 1 aromatic carbocycles. The van der Waals surface area contributed by atoms with E-state index in [1.807, 2.05) is 25.1 Å². The highest BCUT2D eigenvalue weighted by molar-refractivity contribution is 5.22. The number of rotatable bonds is 2. The molecule has 0 aliphatic rings. The lowest BCUT2D eigenvalue weighted by molar-refractivity contribution is -0.608. The van der Waals surface area contributed by atoms with E-state index in [0.717, 1.165) is 11.4 Å². The van der Waals surface area contributed by atoms with Crippen LogP contribution >= 0.6 is 0 Å². The van der Waals surface area contributed by atoms with Gasteiger partial charge in [-0.05, 0) is 0 Å². The summed E-state index contributed by atoms with van der Waals surface area (Å²) in [4.78, 5) is 0. The van der Waals surface area contributed by atoms with Crippen molar-refractivity contribution in [2.45, 2.75) is 26.7 Å². The summed E-state index contributed by atoms with van der Waals surface area (Å²) in [6.45, 7) is 6.36. The van der Waals surface area contributed by atoms with Crippen LogP contribution in [-0.2, 0) is 0 Å². The average Bonchev–Trinajstić information content (AvgIpc) is 2.61. The summed E-state index contributed by atoms with van der Waals surface area (Å²) in [6.07, 6.45) is 1.78. The molecular weight excluding hydrogens is 186 g/mol. The first-order valence-corrected chi connectivity index (χ1v) is 5.25. The van der Waals surface area contributed by atoms with Crippen LogP contribution in [0.15, 0.2) is 41.1 Å². The fraction of sp³-hybridized carbons (Fsp3) is 0.308. The standard InChI is InChI=1S/C13H16NO/c1-10(2)13-11(3)15-9-14(13)12-7-5-4-6-8-12/h4-10H,1-3H3/q+1. The quantitative estimate of drug-likeness (QED) is 0.684. The Kier molecular flexibility index (Phi) is 2.58. The predicted molar refractivity (Wildman–Crippen MR) is 59.1 cm³/mol. The fourth-order valence-corrected chi connectivity index (χ4v) is 1.89. The smallest absolute Gasteiger partial charge is 0.340 e. The minimum absolute atomic E-state index is 0.462. The summed E-state index contributed by atoms with van der Waals surface area (Å²) in [5.74, 6) is 1.46. The molecule has 0 radical (unpaired) electrons. The molecular formula is C13H16NO+. The molecule has 2 nitrogen and oxygen atoms in total. The van der Waals surface area contributed by atoms with Crippen molar-refractivity contribution in [3.8, 4) is 5.69 Å². The van der Waals surface area contributed by atoms with E-state index in [4.69, 9.17) is 4.42 Å². The first-order chi connectivity index (χ1) is 7.20. The van der Waals surface area contributed by atoms with Gasteiger partial charge in [-0.25, -0.2) is 0 Å². The Hall–Kier alpha value is -1.57. The molecule has 0 aliphatic carbocycles. The van der Waals surface area contributed by atoms with Gasteiger partial charge in [-0.1, -0.05) is 32.0 Å². The average molecular weight is 202 g/mol. The molecule has 0 N–H and O–H groups in total. The number of aryl methyl sites for hydroxylation is 1. The Bertz CT molecular complexity index is 443. The second kappa shape index (κ2) is 3.89. The number of nitrogens with zero attached hydrogens (tertiary/aromatic N) is 1. The molecule has 0 amide bonds. The number of para-hydroxylation sites is 1. The highest BCUT2D eigenvalue weighted by Crippen LogP contribution is 2.16. The van der Waals surface area contributed by atoms with Gasteiger partial charge in [0.25, 0.3) is 0 Å². The van der Waals surface area contributed by atoms with Crippen molar-refractivity contribution in [3.63, 3.8) is 0 Å². The Morgan fingerprint density at radius 2 is 1.80 bits per heavy atom. The molecule has 0 atom stereocenters. The molecule has 78 valence electrons. The first kappa shape index (κ1) is 9.97. The number of aromatic nitrogens is 1. The van der Waals surface area contributed by atoms with Crippen molar-refractivity contribution in [1.29, 1.82) is 0 Å². The van der Waals surface area contributed by atoms with Crippen molar-refractivity contribution in [2.24, 2.45) is 0 Å². The highest BCUT2D eigenvalue weighted by atomic mass is 16.3. The van der Waals surface area contributed by atoms with Crippen LogP contribution in [0.25, 0.3) is 5.69 Å². The zero-order valence-corrected chi connectivity index (χ0v) is 9.40. The summed E-state index contributed by atoms with van der Waals surface area (Å²) in [7, 11) is 0. The normalized spacial score (nSPS) is 10.9. The first-order valence-electron chi connectivity index (χ1n) is 5.25. The van der Waals surface area contributed by atoms with E-state index in [0.29, 0.717) is 5.92 Å². The molecule has 2 heteroatoms. The molecule has 1 aromatic heterocycles. The number of benzene rings is 1. The molecule has 0 aliphatic heterocycles. The van der Waals surface area contributed by atoms with Gasteiger partial charge in [0.1, 0.15) is 0 Å². The largest absolute Gasteiger partial charge is 0.409 e. The molecule has 0 spiro atoms. The van der Waals surface area contributed by atoms with Gasteiger partial charge in [-0.3, -0.25) is 0 Å².